The quantitative estimate of drug-likeness (QED) is 0.291. The minimum atomic E-state index is -1.31. The van der Waals surface area contributed by atoms with Gasteiger partial charge in [-0.15, -0.1) is 0 Å². The summed E-state index contributed by atoms with van der Waals surface area (Å²) in [6.45, 7) is 1.04. The van der Waals surface area contributed by atoms with Crippen LogP contribution in [0.25, 0.3) is 5.65 Å². The van der Waals surface area contributed by atoms with Gasteiger partial charge in [0.1, 0.15) is 30.2 Å². The van der Waals surface area contributed by atoms with E-state index in [1.165, 1.54) is 28.9 Å². The van der Waals surface area contributed by atoms with Crippen molar-refractivity contribution in [1.29, 1.82) is 0 Å². The van der Waals surface area contributed by atoms with Crippen LogP contribution in [-0.4, -0.2) is 55.1 Å². The van der Waals surface area contributed by atoms with Crippen LogP contribution in [0.2, 0.25) is 0 Å². The van der Waals surface area contributed by atoms with Crippen LogP contribution < -0.4 is 15.4 Å². The largest absolute Gasteiger partial charge is 0.491 e. The number of ether oxygens (including phenoxy) is 1. The molecule has 2 atom stereocenters. The number of hydrogen-bond donors (Lipinski definition) is 4. The van der Waals surface area contributed by atoms with Crippen molar-refractivity contribution in [3.05, 3.63) is 58.2 Å². The third kappa shape index (κ3) is 5.14. The molecule has 2 heterocycles. The minimum Gasteiger partial charge on any atom is -0.491 e. The van der Waals surface area contributed by atoms with Crippen molar-refractivity contribution in [2.24, 2.45) is 0 Å². The highest BCUT2D eigenvalue weighted by molar-refractivity contribution is 5.64. The Hall–Kier alpha value is -4.00. The molecule has 0 fully saturated rings. The van der Waals surface area contributed by atoms with Crippen LogP contribution >= 0.6 is 0 Å². The van der Waals surface area contributed by atoms with E-state index in [1.807, 2.05) is 0 Å². The third-order valence-corrected chi connectivity index (χ3v) is 4.34. The summed E-state index contributed by atoms with van der Waals surface area (Å²) in [7, 11) is 0. The number of nitrogens with one attached hydrogen (secondary N) is 2. The van der Waals surface area contributed by atoms with E-state index in [1.54, 1.807) is 13.0 Å². The maximum atomic E-state index is 13.9. The third-order valence-electron chi connectivity index (χ3n) is 4.34. The number of fused-ring (bicyclic) bond motifs is 1. The molecule has 13 heteroatoms. The summed E-state index contributed by atoms with van der Waals surface area (Å²) in [6.07, 6.45) is 1.28. The average molecular weight is 434 g/mol. The second-order valence-corrected chi connectivity index (χ2v) is 6.56. The molecule has 164 valence electrons. The van der Waals surface area contributed by atoms with Crippen molar-refractivity contribution in [2.45, 2.75) is 19.0 Å². The van der Waals surface area contributed by atoms with E-state index in [9.17, 15) is 24.4 Å². The van der Waals surface area contributed by atoms with E-state index < -0.39 is 35.5 Å². The highest BCUT2D eigenvalue weighted by Gasteiger charge is 2.19. The molecule has 12 nitrogen and oxygen atoms in total. The Bertz CT molecular complexity index is 1110. The maximum Gasteiger partial charge on any atom is 0.405 e. The standard InChI is InChI=1S/C18H19FN6O6/c1-10(21-16-4-5-24-17(23-16)14(7-20-24)25(29)30)13-6-11(19)2-3-15(13)31-9-12(8-26)22-18(27)28/h2-7,10,12,22,26H,8-9H2,1H3,(H,21,23)(H,27,28). The fourth-order valence-corrected chi connectivity index (χ4v) is 2.86. The second kappa shape index (κ2) is 9.21. The van der Waals surface area contributed by atoms with E-state index in [0.29, 0.717) is 11.4 Å². The topological polar surface area (TPSA) is 164 Å². The molecule has 0 spiro atoms. The van der Waals surface area contributed by atoms with Crippen LogP contribution in [0.4, 0.5) is 20.7 Å². The number of aliphatic hydroxyl groups is 1. The molecular formula is C18H19FN6O6. The zero-order chi connectivity index (χ0) is 22.5. The molecule has 2 aromatic heterocycles. The number of carboxylic acid groups (broad SMARTS) is 1. The predicted octanol–water partition coefficient (Wildman–Crippen LogP) is 1.96. The number of aliphatic hydroxyl groups excluding tert-OH is 1. The molecule has 2 unspecified atom stereocenters. The highest BCUT2D eigenvalue weighted by Crippen LogP contribution is 2.29. The number of anilines is 1. The zero-order valence-electron chi connectivity index (χ0n) is 16.2. The summed E-state index contributed by atoms with van der Waals surface area (Å²) in [4.78, 5) is 25.5. The average Bonchev–Trinajstić information content (AvgIpc) is 3.15. The van der Waals surface area contributed by atoms with Crippen molar-refractivity contribution in [2.75, 3.05) is 18.5 Å². The highest BCUT2D eigenvalue weighted by atomic mass is 19.1. The number of carbonyl (C=O) groups is 1. The van der Waals surface area contributed by atoms with Crippen LogP contribution in [0.1, 0.15) is 18.5 Å². The molecule has 0 saturated heterocycles. The molecule has 0 saturated carbocycles. The van der Waals surface area contributed by atoms with Gasteiger partial charge in [-0.25, -0.2) is 18.7 Å². The molecule has 0 aliphatic rings. The number of nitro groups is 1. The van der Waals surface area contributed by atoms with Gasteiger partial charge in [-0.3, -0.25) is 10.1 Å². The van der Waals surface area contributed by atoms with E-state index in [-0.39, 0.29) is 23.7 Å². The van der Waals surface area contributed by atoms with Gasteiger partial charge in [0, 0.05) is 11.8 Å². The van der Waals surface area contributed by atoms with Crippen molar-refractivity contribution >= 4 is 23.2 Å². The molecule has 1 aromatic carbocycles. The number of nitrogens with zero attached hydrogens (tertiary/aromatic N) is 4. The molecule has 3 rings (SSSR count). The Morgan fingerprint density at radius 2 is 2.19 bits per heavy atom. The van der Waals surface area contributed by atoms with Gasteiger partial charge in [-0.05, 0) is 31.2 Å². The van der Waals surface area contributed by atoms with Gasteiger partial charge in [0.05, 0.1) is 23.6 Å². The zero-order valence-corrected chi connectivity index (χ0v) is 16.2. The summed E-state index contributed by atoms with van der Waals surface area (Å²) < 4.78 is 20.7. The number of hydrogen-bond acceptors (Lipinski definition) is 8. The minimum absolute atomic E-state index is 0.0449. The Kier molecular flexibility index (Phi) is 6.45. The van der Waals surface area contributed by atoms with Gasteiger partial charge in [-0.1, -0.05) is 0 Å². The first-order valence-corrected chi connectivity index (χ1v) is 9.06. The van der Waals surface area contributed by atoms with Gasteiger partial charge < -0.3 is 25.6 Å². The number of rotatable bonds is 9. The lowest BCUT2D eigenvalue weighted by molar-refractivity contribution is -0.383. The first-order chi connectivity index (χ1) is 14.8. The number of aromatic nitrogens is 3. The van der Waals surface area contributed by atoms with E-state index >= 15 is 0 Å². The number of halogens is 1. The van der Waals surface area contributed by atoms with Gasteiger partial charge in [0.2, 0.25) is 5.65 Å². The normalized spacial score (nSPS) is 12.9. The van der Waals surface area contributed by atoms with Crippen molar-refractivity contribution < 1.29 is 29.1 Å². The van der Waals surface area contributed by atoms with Gasteiger partial charge in [0.25, 0.3) is 0 Å². The summed E-state index contributed by atoms with van der Waals surface area (Å²) in [6, 6.07) is 3.96. The van der Waals surface area contributed by atoms with Crippen LogP contribution in [0, 0.1) is 15.9 Å². The van der Waals surface area contributed by atoms with E-state index in [0.717, 1.165) is 6.20 Å². The fraction of sp³-hybridized carbons (Fsp3) is 0.278. The Morgan fingerprint density at radius 1 is 1.42 bits per heavy atom. The Labute approximate surface area is 174 Å². The van der Waals surface area contributed by atoms with Crippen molar-refractivity contribution in [1.82, 2.24) is 19.9 Å². The summed E-state index contributed by atoms with van der Waals surface area (Å²) in [5.41, 5.74) is 0.187. The lowest BCUT2D eigenvalue weighted by atomic mass is 10.1. The fourth-order valence-electron chi connectivity index (χ4n) is 2.86. The molecular weight excluding hydrogens is 415 g/mol. The Morgan fingerprint density at radius 3 is 2.87 bits per heavy atom. The SMILES string of the molecule is CC(Nc1ccn2ncc([N+](=O)[O-])c2n1)c1cc(F)ccc1OCC(CO)NC(=O)O. The van der Waals surface area contributed by atoms with Gasteiger partial charge in [0.15, 0.2) is 0 Å². The summed E-state index contributed by atoms with van der Waals surface area (Å²) in [5.74, 6) is 0.0382. The van der Waals surface area contributed by atoms with Crippen LogP contribution in [0.5, 0.6) is 5.75 Å². The van der Waals surface area contributed by atoms with Crippen molar-refractivity contribution in [3.8, 4) is 5.75 Å². The lowest BCUT2D eigenvalue weighted by Crippen LogP contribution is -2.41. The monoisotopic (exact) mass is 434 g/mol. The van der Waals surface area contributed by atoms with E-state index in [2.05, 4.69) is 20.7 Å². The first kappa shape index (κ1) is 21.7. The lowest BCUT2D eigenvalue weighted by Gasteiger charge is -2.21. The molecule has 4 N–H and O–H groups in total. The maximum absolute atomic E-state index is 13.9. The molecule has 31 heavy (non-hydrogen) atoms. The summed E-state index contributed by atoms with van der Waals surface area (Å²) in [5, 5.41) is 38.1. The smallest absolute Gasteiger partial charge is 0.405 e. The van der Waals surface area contributed by atoms with Gasteiger partial charge in [-0.2, -0.15) is 5.10 Å². The Balaban J connectivity index is 1.81. The molecule has 0 bridgehead atoms. The molecule has 0 aliphatic carbocycles. The number of amides is 1. The number of benzene rings is 1. The molecule has 3 aromatic rings. The van der Waals surface area contributed by atoms with Crippen molar-refractivity contribution in [3.63, 3.8) is 0 Å². The first-order valence-electron chi connectivity index (χ1n) is 9.06. The predicted molar refractivity (Wildman–Crippen MR) is 106 cm³/mol. The molecule has 0 radical (unpaired) electrons. The van der Waals surface area contributed by atoms with Gasteiger partial charge >= 0.3 is 11.8 Å². The van der Waals surface area contributed by atoms with Crippen LogP contribution in [0.15, 0.2) is 36.7 Å². The van der Waals surface area contributed by atoms with Crippen LogP contribution in [-0.2, 0) is 0 Å². The summed E-state index contributed by atoms with van der Waals surface area (Å²) >= 11 is 0. The molecule has 1 amide bonds. The van der Waals surface area contributed by atoms with Crippen LogP contribution in [0.3, 0.4) is 0 Å². The molecule has 0 aliphatic heterocycles. The second-order valence-electron chi connectivity index (χ2n) is 6.56. The van der Waals surface area contributed by atoms with E-state index in [4.69, 9.17) is 9.84 Å².